The summed E-state index contributed by atoms with van der Waals surface area (Å²) in [4.78, 5) is 18.8. The largest absolute Gasteiger partial charge is 0.383 e. The van der Waals surface area contributed by atoms with Crippen molar-refractivity contribution >= 4 is 5.82 Å². The number of nitrogens with zero attached hydrogens (tertiary/aromatic N) is 1. The number of H-pyrrole nitrogens is 1. The molecule has 1 heterocycles. The van der Waals surface area contributed by atoms with Crippen molar-refractivity contribution in [2.45, 2.75) is 26.2 Å². The summed E-state index contributed by atoms with van der Waals surface area (Å²) >= 11 is 0. The fourth-order valence-electron chi connectivity index (χ4n) is 1.99. The van der Waals surface area contributed by atoms with E-state index in [1.54, 1.807) is 12.1 Å². The molecule has 5 heteroatoms. The number of hydrogen-bond acceptors (Lipinski definition) is 3. The van der Waals surface area contributed by atoms with Gasteiger partial charge in [-0.25, -0.2) is 9.37 Å². The van der Waals surface area contributed by atoms with Crippen molar-refractivity contribution in [2.75, 3.05) is 5.73 Å². The van der Waals surface area contributed by atoms with Gasteiger partial charge >= 0.3 is 0 Å². The molecular weight excluding hydrogens is 245 g/mol. The fourth-order valence-corrected chi connectivity index (χ4v) is 1.99. The minimum atomic E-state index is -0.292. The predicted octanol–water partition coefficient (Wildman–Crippen LogP) is 2.21. The lowest BCUT2D eigenvalue weighted by Gasteiger charge is -2.09. The zero-order valence-corrected chi connectivity index (χ0v) is 10.9. The summed E-state index contributed by atoms with van der Waals surface area (Å²) < 4.78 is 12.8. The maximum atomic E-state index is 12.8. The Morgan fingerprint density at radius 3 is 2.47 bits per heavy atom. The van der Waals surface area contributed by atoms with Gasteiger partial charge in [-0.15, -0.1) is 0 Å². The van der Waals surface area contributed by atoms with Crippen molar-refractivity contribution in [3.05, 3.63) is 57.4 Å². The van der Waals surface area contributed by atoms with Gasteiger partial charge in [0.05, 0.1) is 5.56 Å². The smallest absolute Gasteiger partial charge is 0.256 e. The number of aromatic nitrogens is 2. The van der Waals surface area contributed by atoms with Crippen molar-refractivity contribution in [3.8, 4) is 0 Å². The Morgan fingerprint density at radius 2 is 1.95 bits per heavy atom. The molecule has 0 aliphatic carbocycles. The Hall–Kier alpha value is -2.17. The Labute approximate surface area is 110 Å². The van der Waals surface area contributed by atoms with Gasteiger partial charge in [-0.3, -0.25) is 4.79 Å². The van der Waals surface area contributed by atoms with Crippen molar-refractivity contribution in [2.24, 2.45) is 0 Å². The van der Waals surface area contributed by atoms with Crippen molar-refractivity contribution in [1.29, 1.82) is 0 Å². The fraction of sp³-hybridized carbons (Fsp3) is 0.286. The third-order valence-electron chi connectivity index (χ3n) is 2.90. The van der Waals surface area contributed by atoms with Crippen LogP contribution in [-0.4, -0.2) is 9.97 Å². The van der Waals surface area contributed by atoms with E-state index in [4.69, 9.17) is 5.73 Å². The van der Waals surface area contributed by atoms with Crippen molar-refractivity contribution in [3.63, 3.8) is 0 Å². The van der Waals surface area contributed by atoms with Crippen LogP contribution in [0, 0.1) is 5.82 Å². The maximum Gasteiger partial charge on any atom is 0.256 e. The molecule has 0 amide bonds. The highest BCUT2D eigenvalue weighted by Gasteiger charge is 2.12. The monoisotopic (exact) mass is 261 g/mol. The van der Waals surface area contributed by atoms with Gasteiger partial charge in [-0.2, -0.15) is 0 Å². The topological polar surface area (TPSA) is 71.8 Å². The summed E-state index contributed by atoms with van der Waals surface area (Å²) in [5.41, 5.74) is 6.97. The van der Waals surface area contributed by atoms with Crippen molar-refractivity contribution in [1.82, 2.24) is 9.97 Å². The van der Waals surface area contributed by atoms with E-state index in [1.807, 2.05) is 13.8 Å². The summed E-state index contributed by atoms with van der Waals surface area (Å²) in [6.07, 6.45) is 0.415. The highest BCUT2D eigenvalue weighted by atomic mass is 19.1. The molecule has 0 aliphatic rings. The molecule has 4 nitrogen and oxygen atoms in total. The van der Waals surface area contributed by atoms with Gasteiger partial charge in [0.25, 0.3) is 5.56 Å². The second kappa shape index (κ2) is 5.22. The van der Waals surface area contributed by atoms with Crippen LogP contribution in [0.15, 0.2) is 29.1 Å². The van der Waals surface area contributed by atoms with E-state index in [-0.39, 0.29) is 23.1 Å². The summed E-state index contributed by atoms with van der Waals surface area (Å²) in [5, 5.41) is 0. The summed E-state index contributed by atoms with van der Waals surface area (Å²) in [7, 11) is 0. The van der Waals surface area contributed by atoms with Crippen LogP contribution in [0.25, 0.3) is 0 Å². The molecular formula is C14H16FN3O. The van der Waals surface area contributed by atoms with E-state index in [0.717, 1.165) is 5.56 Å². The van der Waals surface area contributed by atoms with Crippen LogP contribution in [0.1, 0.15) is 36.7 Å². The average molecular weight is 261 g/mol. The van der Waals surface area contributed by atoms with E-state index >= 15 is 0 Å². The van der Waals surface area contributed by atoms with Crippen LogP contribution in [0.2, 0.25) is 0 Å². The lowest BCUT2D eigenvalue weighted by molar-refractivity contribution is 0.627. The predicted molar refractivity (Wildman–Crippen MR) is 72.6 cm³/mol. The van der Waals surface area contributed by atoms with Gasteiger partial charge in [0.1, 0.15) is 17.5 Å². The first kappa shape index (κ1) is 13.3. The SMILES string of the molecule is CC(C)c1c(N)nc(Cc2ccc(F)cc2)[nH]c1=O. The van der Waals surface area contributed by atoms with Crippen molar-refractivity contribution < 1.29 is 4.39 Å². The number of rotatable bonds is 3. The molecule has 1 aromatic heterocycles. The molecule has 0 spiro atoms. The number of benzene rings is 1. The molecule has 0 fully saturated rings. The minimum absolute atomic E-state index is 0.0242. The second-order valence-electron chi connectivity index (χ2n) is 4.77. The maximum absolute atomic E-state index is 12.8. The first-order chi connectivity index (χ1) is 8.97. The third-order valence-corrected chi connectivity index (χ3v) is 2.90. The molecule has 2 rings (SSSR count). The Bertz CT molecular complexity index is 632. The van der Waals surface area contributed by atoms with E-state index in [9.17, 15) is 9.18 Å². The molecule has 0 saturated heterocycles. The van der Waals surface area contributed by atoms with Crippen LogP contribution in [0.4, 0.5) is 10.2 Å². The number of nitrogens with two attached hydrogens (primary N) is 1. The van der Waals surface area contributed by atoms with Gasteiger partial charge in [0, 0.05) is 6.42 Å². The number of aromatic amines is 1. The lowest BCUT2D eigenvalue weighted by atomic mass is 10.1. The molecule has 3 N–H and O–H groups in total. The van der Waals surface area contributed by atoms with E-state index in [0.29, 0.717) is 17.8 Å². The molecule has 1 aromatic carbocycles. The molecule has 0 saturated carbocycles. The lowest BCUT2D eigenvalue weighted by Crippen LogP contribution is -2.20. The van der Waals surface area contributed by atoms with Crippen LogP contribution in [0.3, 0.4) is 0 Å². The van der Waals surface area contributed by atoms with Gasteiger partial charge in [-0.1, -0.05) is 26.0 Å². The van der Waals surface area contributed by atoms with E-state index in [2.05, 4.69) is 9.97 Å². The Balaban J connectivity index is 2.32. The Morgan fingerprint density at radius 1 is 1.32 bits per heavy atom. The highest BCUT2D eigenvalue weighted by Crippen LogP contribution is 2.15. The normalized spacial score (nSPS) is 10.9. The van der Waals surface area contributed by atoms with Crippen LogP contribution < -0.4 is 11.3 Å². The van der Waals surface area contributed by atoms with Gasteiger partial charge in [-0.05, 0) is 23.6 Å². The molecule has 0 unspecified atom stereocenters. The molecule has 0 atom stereocenters. The zero-order chi connectivity index (χ0) is 14.0. The highest BCUT2D eigenvalue weighted by molar-refractivity contribution is 5.40. The molecule has 2 aromatic rings. The van der Waals surface area contributed by atoms with E-state index in [1.165, 1.54) is 12.1 Å². The van der Waals surface area contributed by atoms with E-state index < -0.39 is 0 Å². The number of anilines is 1. The Kier molecular flexibility index (Phi) is 3.64. The molecule has 100 valence electrons. The summed E-state index contributed by atoms with van der Waals surface area (Å²) in [6.45, 7) is 3.78. The van der Waals surface area contributed by atoms with Gasteiger partial charge < -0.3 is 10.7 Å². The molecule has 19 heavy (non-hydrogen) atoms. The molecule has 0 radical (unpaired) electrons. The third kappa shape index (κ3) is 2.99. The zero-order valence-electron chi connectivity index (χ0n) is 10.9. The number of nitrogen functional groups attached to an aromatic ring is 1. The second-order valence-corrected chi connectivity index (χ2v) is 4.77. The number of halogens is 1. The standard InChI is InChI=1S/C14H16FN3O/c1-8(2)12-13(16)17-11(18-14(12)19)7-9-3-5-10(15)6-4-9/h3-6,8H,7H2,1-2H3,(H3,16,17,18,19). The number of nitrogens with one attached hydrogen (secondary N) is 1. The molecule has 0 bridgehead atoms. The quantitative estimate of drug-likeness (QED) is 0.889. The van der Waals surface area contributed by atoms with Crippen LogP contribution in [0.5, 0.6) is 0 Å². The minimum Gasteiger partial charge on any atom is -0.383 e. The average Bonchev–Trinajstić information content (AvgIpc) is 2.30. The van der Waals surface area contributed by atoms with Gasteiger partial charge in [0.2, 0.25) is 0 Å². The summed E-state index contributed by atoms with van der Waals surface area (Å²) in [5.74, 6) is 0.477. The number of hydrogen-bond donors (Lipinski definition) is 2. The summed E-state index contributed by atoms with van der Waals surface area (Å²) in [6, 6.07) is 6.06. The van der Waals surface area contributed by atoms with Gasteiger partial charge in [0.15, 0.2) is 0 Å². The van der Waals surface area contributed by atoms with Crippen LogP contribution >= 0.6 is 0 Å². The molecule has 0 aliphatic heterocycles. The first-order valence-electron chi connectivity index (χ1n) is 6.10. The first-order valence-corrected chi connectivity index (χ1v) is 6.10. The van der Waals surface area contributed by atoms with Crippen LogP contribution in [-0.2, 0) is 6.42 Å².